The zero-order valence-electron chi connectivity index (χ0n) is 14.5. The highest BCUT2D eigenvalue weighted by molar-refractivity contribution is 6.08. The van der Waals surface area contributed by atoms with Crippen LogP contribution in [-0.4, -0.2) is 34.6 Å². The van der Waals surface area contributed by atoms with Gasteiger partial charge in [-0.15, -0.1) is 0 Å². The first-order chi connectivity index (χ1) is 11.2. The molecule has 0 amide bonds. The Morgan fingerprint density at radius 3 is 2.38 bits per heavy atom. The predicted octanol–water partition coefficient (Wildman–Crippen LogP) is 2.93. The van der Waals surface area contributed by atoms with Gasteiger partial charge in [0.2, 0.25) is 6.10 Å². The molecule has 1 N–H and O–H groups in total. The van der Waals surface area contributed by atoms with Crippen LogP contribution < -0.4 is 0 Å². The first kappa shape index (κ1) is 18.2. The van der Waals surface area contributed by atoms with Gasteiger partial charge in [-0.1, -0.05) is 42.1 Å². The van der Waals surface area contributed by atoms with Crippen molar-refractivity contribution in [3.8, 4) is 6.07 Å². The number of esters is 1. The number of hydrogen-bond donors (Lipinski definition) is 1. The lowest BCUT2D eigenvalue weighted by atomic mass is 10.0. The number of aliphatic hydroxyl groups is 1. The van der Waals surface area contributed by atoms with Crippen molar-refractivity contribution >= 4 is 11.8 Å². The smallest absolute Gasteiger partial charge is 0.356 e. The molecule has 128 valence electrons. The summed E-state index contributed by atoms with van der Waals surface area (Å²) in [5, 5.41) is 10.3. The number of carbonyl (C=O) groups excluding carboxylic acids is 2. The molecule has 0 bridgehead atoms. The number of carbonyl (C=O) groups is 2. The molecule has 1 saturated carbocycles. The molecule has 0 heterocycles. The van der Waals surface area contributed by atoms with Gasteiger partial charge in [-0.05, 0) is 33.1 Å². The van der Waals surface area contributed by atoms with Gasteiger partial charge in [-0.2, -0.15) is 0 Å². The number of benzene rings is 1. The van der Waals surface area contributed by atoms with Crippen molar-refractivity contribution in [2.45, 2.75) is 51.9 Å². The van der Waals surface area contributed by atoms with Crippen molar-refractivity contribution in [3.63, 3.8) is 0 Å². The van der Waals surface area contributed by atoms with Crippen molar-refractivity contribution in [2.75, 3.05) is 0 Å². The highest BCUT2D eigenvalue weighted by atomic mass is 16.6. The third-order valence-electron chi connectivity index (χ3n) is 3.93. The molecule has 24 heavy (non-hydrogen) atoms. The minimum absolute atomic E-state index is 0.0589. The number of Topliss-reactive ketones (excluding diaryl/α,β-unsaturated/α-hetero) is 1. The molecule has 0 radical (unpaired) electrons. The van der Waals surface area contributed by atoms with Gasteiger partial charge in [-0.25, -0.2) is 4.79 Å². The number of hydrogen-bond acceptors (Lipinski definition) is 4. The third-order valence-corrected chi connectivity index (χ3v) is 3.93. The summed E-state index contributed by atoms with van der Waals surface area (Å²) in [5.74, 6) is -0.678. The van der Waals surface area contributed by atoms with Crippen molar-refractivity contribution in [1.29, 1.82) is 0 Å². The van der Waals surface area contributed by atoms with E-state index in [1.807, 2.05) is 13.0 Å². The molecule has 1 aromatic carbocycles. The van der Waals surface area contributed by atoms with Crippen LogP contribution in [0.1, 0.15) is 44.5 Å². The summed E-state index contributed by atoms with van der Waals surface area (Å²) in [6.45, 7) is 7.23. The lowest BCUT2D eigenvalue weighted by molar-refractivity contribution is -0.165. The first-order valence-corrected chi connectivity index (χ1v) is 8.15. The van der Waals surface area contributed by atoms with Crippen LogP contribution in [-0.2, 0) is 9.53 Å². The van der Waals surface area contributed by atoms with E-state index < -0.39 is 23.7 Å². The molecule has 1 unspecified atom stereocenters. The molecule has 0 saturated heterocycles. The van der Waals surface area contributed by atoms with E-state index in [2.05, 4.69) is 10.9 Å². The van der Waals surface area contributed by atoms with Gasteiger partial charge in [0.25, 0.3) is 0 Å². The Hall–Kier alpha value is -2.19. The standard InChI is InChI=1S/C19H24NO4/c1-12-10-14(12)16(17(22)18(23)24-19(2,3)4)20-11-15(21)13-8-6-5-7-9-13/h5-9,12,14,16-17,22H,10H2,1-4H3/q+1/t12?,14-,16-,17+/m0/s1. The fourth-order valence-electron chi connectivity index (χ4n) is 2.52. The zero-order valence-corrected chi connectivity index (χ0v) is 14.5. The van der Waals surface area contributed by atoms with Gasteiger partial charge in [0.15, 0.2) is 0 Å². The van der Waals surface area contributed by atoms with Crippen LogP contribution in [0.25, 0.3) is 4.85 Å². The largest absolute Gasteiger partial charge is 0.458 e. The van der Waals surface area contributed by atoms with Gasteiger partial charge in [0.05, 0.1) is 0 Å². The zero-order chi connectivity index (χ0) is 17.9. The van der Waals surface area contributed by atoms with Gasteiger partial charge in [0, 0.05) is 11.5 Å². The van der Waals surface area contributed by atoms with Crippen LogP contribution in [0.4, 0.5) is 0 Å². The summed E-state index contributed by atoms with van der Waals surface area (Å²) >= 11 is 0. The molecule has 1 aliphatic carbocycles. The number of nitrogens with zero attached hydrogens (tertiary/aromatic N) is 1. The fraction of sp³-hybridized carbons (Fsp3) is 0.526. The molecule has 5 nitrogen and oxygen atoms in total. The van der Waals surface area contributed by atoms with Crippen molar-refractivity contribution < 1.29 is 19.4 Å². The normalized spacial score (nSPS) is 21.9. The molecule has 0 aliphatic heterocycles. The van der Waals surface area contributed by atoms with Crippen LogP contribution in [0.3, 0.4) is 0 Å². The average Bonchev–Trinajstić information content (AvgIpc) is 3.22. The fourth-order valence-corrected chi connectivity index (χ4v) is 2.52. The Morgan fingerprint density at radius 2 is 1.88 bits per heavy atom. The predicted molar refractivity (Wildman–Crippen MR) is 90.9 cm³/mol. The maximum atomic E-state index is 12.1. The van der Waals surface area contributed by atoms with Crippen molar-refractivity contribution in [3.05, 3.63) is 40.7 Å². The van der Waals surface area contributed by atoms with Crippen molar-refractivity contribution in [1.82, 2.24) is 0 Å². The summed E-state index contributed by atoms with van der Waals surface area (Å²) in [7, 11) is 0. The summed E-state index contributed by atoms with van der Waals surface area (Å²) < 4.78 is 5.22. The minimum atomic E-state index is -1.39. The van der Waals surface area contributed by atoms with E-state index in [0.717, 1.165) is 6.42 Å². The Labute approximate surface area is 142 Å². The Kier molecular flexibility index (Phi) is 5.40. The summed E-state index contributed by atoms with van der Waals surface area (Å²) in [4.78, 5) is 28.3. The second-order valence-electron chi connectivity index (χ2n) is 7.28. The van der Waals surface area contributed by atoms with Crippen LogP contribution >= 0.6 is 0 Å². The van der Waals surface area contributed by atoms with Crippen LogP contribution in [0.2, 0.25) is 0 Å². The molecular weight excluding hydrogens is 306 g/mol. The Morgan fingerprint density at radius 1 is 1.29 bits per heavy atom. The molecule has 0 aromatic heterocycles. The molecule has 1 aliphatic rings. The SMILES string of the molecule is CC1C[C@@H]1[C@H]([N+]#CC(=O)c1ccccc1)[C@@H](O)C(=O)OC(C)(C)C. The lowest BCUT2D eigenvalue weighted by Gasteiger charge is -2.21. The summed E-state index contributed by atoms with van der Waals surface area (Å²) in [5.41, 5.74) is -0.221. The third kappa shape index (κ3) is 4.90. The van der Waals surface area contributed by atoms with Gasteiger partial charge < -0.3 is 9.84 Å². The van der Waals surface area contributed by atoms with Crippen LogP contribution in [0.15, 0.2) is 30.3 Å². The second kappa shape index (κ2) is 7.14. The van der Waals surface area contributed by atoms with E-state index in [4.69, 9.17) is 4.74 Å². The van der Waals surface area contributed by atoms with E-state index in [9.17, 15) is 14.7 Å². The highest BCUT2D eigenvalue weighted by Gasteiger charge is 2.53. The summed E-state index contributed by atoms with van der Waals surface area (Å²) in [6.07, 6.45) is -0.537. The Bertz CT molecular complexity index is 666. The van der Waals surface area contributed by atoms with Gasteiger partial charge in [-0.3, -0.25) is 4.79 Å². The minimum Gasteiger partial charge on any atom is -0.458 e. The van der Waals surface area contributed by atoms with Gasteiger partial charge in [0.1, 0.15) is 5.60 Å². The van der Waals surface area contributed by atoms with Gasteiger partial charge >= 0.3 is 23.9 Å². The molecule has 2 rings (SSSR count). The Balaban J connectivity index is 2.14. The second-order valence-corrected chi connectivity index (χ2v) is 7.28. The molecule has 1 fully saturated rings. The van der Waals surface area contributed by atoms with Crippen molar-refractivity contribution in [2.24, 2.45) is 11.8 Å². The number of aliphatic hydroxyl groups excluding tert-OH is 1. The number of rotatable bonds is 4. The summed E-state index contributed by atoms with van der Waals surface area (Å²) in [6, 6.07) is 10.4. The monoisotopic (exact) mass is 330 g/mol. The van der Waals surface area contributed by atoms with Crippen LogP contribution in [0, 0.1) is 17.9 Å². The van der Waals surface area contributed by atoms with E-state index in [1.54, 1.807) is 45.0 Å². The average molecular weight is 330 g/mol. The number of ether oxygens (including phenoxy) is 1. The first-order valence-electron chi connectivity index (χ1n) is 8.15. The van der Waals surface area contributed by atoms with E-state index in [0.29, 0.717) is 11.5 Å². The maximum absolute atomic E-state index is 12.1. The maximum Gasteiger partial charge on any atom is 0.356 e. The van der Waals surface area contributed by atoms with E-state index >= 15 is 0 Å². The van der Waals surface area contributed by atoms with E-state index in [1.165, 1.54) is 0 Å². The van der Waals surface area contributed by atoms with E-state index in [-0.39, 0.29) is 11.7 Å². The lowest BCUT2D eigenvalue weighted by Crippen LogP contribution is -2.39. The molecular formula is C19H24NO4+. The molecule has 0 spiro atoms. The number of ketones is 1. The highest BCUT2D eigenvalue weighted by Crippen LogP contribution is 2.43. The van der Waals surface area contributed by atoms with Crippen LogP contribution in [0.5, 0.6) is 0 Å². The topological polar surface area (TPSA) is 68.0 Å². The molecule has 5 heteroatoms. The quantitative estimate of drug-likeness (QED) is 0.523. The molecule has 1 aromatic rings. The molecule has 4 atom stereocenters.